The van der Waals surface area contributed by atoms with Crippen molar-refractivity contribution in [1.82, 2.24) is 10.1 Å². The van der Waals surface area contributed by atoms with Crippen molar-refractivity contribution >= 4 is 17.7 Å². The van der Waals surface area contributed by atoms with E-state index < -0.39 is 5.92 Å². The van der Waals surface area contributed by atoms with Crippen LogP contribution in [0.25, 0.3) is 11.4 Å². The van der Waals surface area contributed by atoms with Crippen LogP contribution in [0.5, 0.6) is 0 Å². The van der Waals surface area contributed by atoms with Crippen LogP contribution in [-0.2, 0) is 0 Å². The fourth-order valence-electron chi connectivity index (χ4n) is 2.44. The smallest absolute Gasteiger partial charge is 0.243 e. The van der Waals surface area contributed by atoms with Crippen LogP contribution < -0.4 is 0 Å². The van der Waals surface area contributed by atoms with Crippen LogP contribution in [0.4, 0.5) is 10.1 Å². The van der Waals surface area contributed by atoms with E-state index in [9.17, 15) is 9.18 Å². The molecule has 1 unspecified atom stereocenters. The summed E-state index contributed by atoms with van der Waals surface area (Å²) in [4.78, 5) is 21.1. The number of para-hydroxylation sites is 1. The lowest BCUT2D eigenvalue weighted by Crippen LogP contribution is -2.18. The molecule has 1 aromatic heterocycles. The topological polar surface area (TPSA) is 68.3 Å². The van der Waals surface area contributed by atoms with E-state index in [4.69, 9.17) is 4.52 Å². The molecule has 3 aromatic rings. The van der Waals surface area contributed by atoms with Gasteiger partial charge in [-0.25, -0.2) is 4.39 Å². The summed E-state index contributed by atoms with van der Waals surface area (Å²) in [5.74, 6) is -0.701. The predicted molar refractivity (Wildman–Crippen MR) is 81.4 cm³/mol. The van der Waals surface area contributed by atoms with E-state index in [2.05, 4.69) is 15.1 Å². The highest BCUT2D eigenvalue weighted by Gasteiger charge is 2.30. The van der Waals surface area contributed by atoms with Crippen LogP contribution in [0, 0.1) is 5.82 Å². The van der Waals surface area contributed by atoms with Gasteiger partial charge in [-0.2, -0.15) is 4.98 Å². The molecule has 1 aliphatic rings. The first-order valence-electron chi connectivity index (χ1n) is 6.99. The first-order valence-corrected chi connectivity index (χ1v) is 6.99. The Kier molecular flexibility index (Phi) is 3.08. The van der Waals surface area contributed by atoms with Gasteiger partial charge in [0.05, 0.1) is 5.69 Å². The number of benzene rings is 2. The van der Waals surface area contributed by atoms with E-state index in [0.29, 0.717) is 22.6 Å². The number of Topliss-reactive ketones (excluding diaryl/α,β-unsaturated/α-hetero) is 1. The molecule has 1 atom stereocenters. The number of ketones is 1. The molecule has 0 amide bonds. The zero-order valence-electron chi connectivity index (χ0n) is 11.8. The minimum atomic E-state index is -0.702. The number of aromatic nitrogens is 2. The molecule has 23 heavy (non-hydrogen) atoms. The summed E-state index contributed by atoms with van der Waals surface area (Å²) < 4.78 is 18.2. The standard InChI is InChI=1S/C17H10FN3O2/c18-11-7-5-10(6-8-11)16-20-17(23-21-16)13-9-19-14-4-2-1-3-12(14)15(13)22/h1-9,13H. The summed E-state index contributed by atoms with van der Waals surface area (Å²) in [6.07, 6.45) is 1.51. The third-order valence-electron chi connectivity index (χ3n) is 3.62. The average Bonchev–Trinajstić information content (AvgIpc) is 3.06. The quantitative estimate of drug-likeness (QED) is 0.726. The summed E-state index contributed by atoms with van der Waals surface area (Å²) in [6, 6.07) is 12.8. The summed E-state index contributed by atoms with van der Waals surface area (Å²) in [5, 5.41) is 3.86. The Morgan fingerprint density at radius 2 is 1.83 bits per heavy atom. The summed E-state index contributed by atoms with van der Waals surface area (Å²) >= 11 is 0. The number of hydrogen-bond acceptors (Lipinski definition) is 5. The number of nitrogens with zero attached hydrogens (tertiary/aromatic N) is 3. The molecular formula is C17H10FN3O2. The molecular weight excluding hydrogens is 297 g/mol. The van der Waals surface area contributed by atoms with Gasteiger partial charge in [0.2, 0.25) is 11.7 Å². The van der Waals surface area contributed by atoms with Crippen LogP contribution in [0.3, 0.4) is 0 Å². The van der Waals surface area contributed by atoms with Crippen molar-refractivity contribution in [2.24, 2.45) is 4.99 Å². The molecule has 4 rings (SSSR count). The molecule has 0 bridgehead atoms. The van der Waals surface area contributed by atoms with Crippen LogP contribution in [0.2, 0.25) is 0 Å². The number of hydrogen-bond donors (Lipinski definition) is 0. The van der Waals surface area contributed by atoms with Crippen LogP contribution >= 0.6 is 0 Å². The van der Waals surface area contributed by atoms with Gasteiger partial charge in [-0.1, -0.05) is 17.3 Å². The highest BCUT2D eigenvalue weighted by molar-refractivity contribution is 6.15. The fourth-order valence-corrected chi connectivity index (χ4v) is 2.44. The molecule has 6 heteroatoms. The van der Waals surface area contributed by atoms with E-state index in [-0.39, 0.29) is 17.5 Å². The van der Waals surface area contributed by atoms with Gasteiger partial charge in [0.25, 0.3) is 0 Å². The van der Waals surface area contributed by atoms with Gasteiger partial charge in [0, 0.05) is 17.3 Å². The first kappa shape index (κ1) is 13.5. The second-order valence-corrected chi connectivity index (χ2v) is 5.10. The van der Waals surface area contributed by atoms with E-state index in [1.54, 1.807) is 30.3 Å². The van der Waals surface area contributed by atoms with Crippen molar-refractivity contribution in [2.75, 3.05) is 0 Å². The summed E-state index contributed by atoms with van der Waals surface area (Å²) in [6.45, 7) is 0. The largest absolute Gasteiger partial charge is 0.338 e. The zero-order valence-corrected chi connectivity index (χ0v) is 11.8. The molecule has 1 aliphatic heterocycles. The molecule has 0 spiro atoms. The Bertz CT molecular complexity index is 916. The van der Waals surface area contributed by atoms with Gasteiger partial charge >= 0.3 is 0 Å². The Morgan fingerprint density at radius 1 is 1.04 bits per heavy atom. The minimum Gasteiger partial charge on any atom is -0.338 e. The van der Waals surface area contributed by atoms with Crippen molar-refractivity contribution in [1.29, 1.82) is 0 Å². The number of fused-ring (bicyclic) bond motifs is 1. The van der Waals surface area contributed by atoms with Gasteiger partial charge in [-0.3, -0.25) is 9.79 Å². The average molecular weight is 307 g/mol. The van der Waals surface area contributed by atoms with Crippen molar-refractivity contribution < 1.29 is 13.7 Å². The van der Waals surface area contributed by atoms with Crippen molar-refractivity contribution in [2.45, 2.75) is 5.92 Å². The second kappa shape index (κ2) is 5.24. The van der Waals surface area contributed by atoms with Gasteiger partial charge in [0.15, 0.2) is 5.78 Å². The van der Waals surface area contributed by atoms with Gasteiger partial charge in [0.1, 0.15) is 11.7 Å². The number of aliphatic imine (C=N–C) groups is 1. The summed E-state index contributed by atoms with van der Waals surface area (Å²) in [5.41, 5.74) is 1.77. The lowest BCUT2D eigenvalue weighted by atomic mass is 9.94. The Hall–Kier alpha value is -3.15. The summed E-state index contributed by atoms with van der Waals surface area (Å²) in [7, 11) is 0. The number of rotatable bonds is 2. The Balaban J connectivity index is 1.68. The van der Waals surface area contributed by atoms with Gasteiger partial charge < -0.3 is 4.52 Å². The predicted octanol–water partition coefficient (Wildman–Crippen LogP) is 3.56. The van der Waals surface area contributed by atoms with Crippen LogP contribution in [0.15, 0.2) is 58.0 Å². The van der Waals surface area contributed by atoms with Crippen molar-refractivity contribution in [3.05, 3.63) is 65.8 Å². The lowest BCUT2D eigenvalue weighted by molar-refractivity contribution is 0.0971. The third-order valence-corrected chi connectivity index (χ3v) is 3.62. The van der Waals surface area contributed by atoms with Gasteiger partial charge in [-0.15, -0.1) is 0 Å². The van der Waals surface area contributed by atoms with Crippen molar-refractivity contribution in [3.63, 3.8) is 0 Å². The molecule has 0 aliphatic carbocycles. The first-order chi connectivity index (χ1) is 11.2. The fraction of sp³-hybridized carbons (Fsp3) is 0.0588. The minimum absolute atomic E-state index is 0.134. The maximum atomic E-state index is 13.0. The van der Waals surface area contributed by atoms with E-state index in [1.807, 2.05) is 6.07 Å². The molecule has 0 fully saturated rings. The number of carbonyl (C=O) groups is 1. The van der Waals surface area contributed by atoms with Crippen molar-refractivity contribution in [3.8, 4) is 11.4 Å². The Morgan fingerprint density at radius 3 is 2.65 bits per heavy atom. The zero-order chi connectivity index (χ0) is 15.8. The monoisotopic (exact) mass is 307 g/mol. The maximum absolute atomic E-state index is 13.0. The highest BCUT2D eigenvalue weighted by Crippen LogP contribution is 2.30. The number of halogens is 1. The third kappa shape index (κ3) is 2.34. The highest BCUT2D eigenvalue weighted by atomic mass is 19.1. The lowest BCUT2D eigenvalue weighted by Gasteiger charge is -2.13. The normalized spacial score (nSPS) is 16.4. The molecule has 0 saturated heterocycles. The molecule has 2 aromatic carbocycles. The number of carbonyl (C=O) groups excluding carboxylic acids is 1. The molecule has 0 radical (unpaired) electrons. The van der Waals surface area contributed by atoms with E-state index >= 15 is 0 Å². The van der Waals surface area contributed by atoms with E-state index in [0.717, 1.165) is 0 Å². The van der Waals surface area contributed by atoms with E-state index in [1.165, 1.54) is 18.3 Å². The maximum Gasteiger partial charge on any atom is 0.243 e. The van der Waals surface area contributed by atoms with Crippen LogP contribution in [-0.4, -0.2) is 22.1 Å². The molecule has 0 N–H and O–H groups in total. The molecule has 112 valence electrons. The SMILES string of the molecule is O=C1c2ccccc2N=CC1c1nc(-c2ccc(F)cc2)no1. The molecule has 0 saturated carbocycles. The van der Waals surface area contributed by atoms with Gasteiger partial charge in [-0.05, 0) is 36.4 Å². The Labute approximate surface area is 130 Å². The molecule has 2 heterocycles. The second-order valence-electron chi connectivity index (χ2n) is 5.10. The molecule has 5 nitrogen and oxygen atoms in total. The van der Waals surface area contributed by atoms with Crippen LogP contribution in [0.1, 0.15) is 22.2 Å².